The molecule has 0 aliphatic heterocycles. The van der Waals surface area contributed by atoms with Crippen LogP contribution in [0.3, 0.4) is 0 Å². The summed E-state index contributed by atoms with van der Waals surface area (Å²) in [5.41, 5.74) is 14.6. The summed E-state index contributed by atoms with van der Waals surface area (Å²) in [5.74, 6) is 1.73. The number of pyridine rings is 2. The molecule has 6 rings (SSSR count). The van der Waals surface area contributed by atoms with E-state index >= 15 is 0 Å². The van der Waals surface area contributed by atoms with Gasteiger partial charge in [0, 0.05) is 29.6 Å². The van der Waals surface area contributed by atoms with E-state index in [4.69, 9.17) is 15.2 Å². The van der Waals surface area contributed by atoms with Crippen molar-refractivity contribution in [3.05, 3.63) is 96.9 Å². The Morgan fingerprint density at radius 3 is 1.61 bits per heavy atom. The van der Waals surface area contributed by atoms with E-state index in [0.717, 1.165) is 76.4 Å². The molecule has 6 aromatic rings. The number of aryl methyl sites for hydroxylation is 2. The molecule has 260 valence electrons. The van der Waals surface area contributed by atoms with E-state index in [1.54, 1.807) is 14.2 Å². The Morgan fingerprint density at radius 2 is 1.14 bits per heavy atom. The Balaban J connectivity index is 0.000000184. The fourth-order valence-electron chi connectivity index (χ4n) is 5.04. The minimum atomic E-state index is 0.269. The zero-order valence-corrected chi connectivity index (χ0v) is 33.8. The van der Waals surface area contributed by atoms with E-state index in [1.807, 2.05) is 71.7 Å². The van der Waals surface area contributed by atoms with Crippen LogP contribution < -0.4 is 20.5 Å². The van der Waals surface area contributed by atoms with Crippen molar-refractivity contribution in [3.63, 3.8) is 0 Å². The molecular formula is C36H43Br3N8O2. The number of ether oxygens (including phenoxy) is 2. The SMILES string of the molecule is COc1ccc(CN)cc1.COc1ccc(CNc2cc(Br)nc3c(C)nn(C(C)C)c23)cc1.Cc1nn(C(C)C)c2c(Br)cc(Br)nc12. The number of methoxy groups -OCH3 is 2. The molecule has 0 aliphatic carbocycles. The Labute approximate surface area is 313 Å². The largest absolute Gasteiger partial charge is 0.497 e. The van der Waals surface area contributed by atoms with Crippen molar-refractivity contribution in [2.24, 2.45) is 5.73 Å². The van der Waals surface area contributed by atoms with E-state index in [2.05, 4.69) is 113 Å². The van der Waals surface area contributed by atoms with Crippen LogP contribution in [0, 0.1) is 13.8 Å². The van der Waals surface area contributed by atoms with Gasteiger partial charge in [0.05, 0.1) is 31.3 Å². The van der Waals surface area contributed by atoms with Gasteiger partial charge in [-0.25, -0.2) is 9.97 Å². The molecule has 0 unspecified atom stereocenters. The highest BCUT2D eigenvalue weighted by atomic mass is 79.9. The fraction of sp³-hybridized carbons (Fsp3) is 0.333. The number of anilines is 1. The molecule has 49 heavy (non-hydrogen) atoms. The van der Waals surface area contributed by atoms with Gasteiger partial charge in [0.1, 0.15) is 42.8 Å². The van der Waals surface area contributed by atoms with Gasteiger partial charge in [-0.2, -0.15) is 10.2 Å². The van der Waals surface area contributed by atoms with Gasteiger partial charge in [0.15, 0.2) is 0 Å². The number of benzene rings is 2. The van der Waals surface area contributed by atoms with Crippen LogP contribution in [0.1, 0.15) is 62.3 Å². The summed E-state index contributed by atoms with van der Waals surface area (Å²) < 4.78 is 16.9. The predicted molar refractivity (Wildman–Crippen MR) is 210 cm³/mol. The molecule has 0 fully saturated rings. The molecule has 0 saturated heterocycles. The number of nitrogens with one attached hydrogen (secondary N) is 1. The number of nitrogens with two attached hydrogens (primary N) is 1. The minimum absolute atomic E-state index is 0.269. The van der Waals surface area contributed by atoms with Crippen LogP contribution >= 0.6 is 47.8 Å². The van der Waals surface area contributed by atoms with Crippen LogP contribution in [0.2, 0.25) is 0 Å². The van der Waals surface area contributed by atoms with Gasteiger partial charge in [0.25, 0.3) is 0 Å². The van der Waals surface area contributed by atoms with Crippen LogP contribution in [0.15, 0.2) is 74.3 Å². The van der Waals surface area contributed by atoms with Gasteiger partial charge in [-0.1, -0.05) is 24.3 Å². The van der Waals surface area contributed by atoms with Crippen LogP contribution in [0.4, 0.5) is 5.69 Å². The van der Waals surface area contributed by atoms with Crippen molar-refractivity contribution in [2.75, 3.05) is 19.5 Å². The second-order valence-electron chi connectivity index (χ2n) is 11.8. The maximum absolute atomic E-state index is 5.40. The minimum Gasteiger partial charge on any atom is -0.497 e. The van der Waals surface area contributed by atoms with Gasteiger partial charge < -0.3 is 20.5 Å². The molecular weight excluding hydrogens is 816 g/mol. The zero-order valence-electron chi connectivity index (χ0n) is 29.1. The van der Waals surface area contributed by atoms with Gasteiger partial charge in [0.2, 0.25) is 0 Å². The lowest BCUT2D eigenvalue weighted by atomic mass is 10.2. The Morgan fingerprint density at radius 1 is 0.694 bits per heavy atom. The summed E-state index contributed by atoms with van der Waals surface area (Å²) in [6.45, 7) is 13.8. The van der Waals surface area contributed by atoms with Crippen molar-refractivity contribution in [1.29, 1.82) is 0 Å². The molecule has 0 amide bonds. The maximum Gasteiger partial charge on any atom is 0.118 e. The molecule has 0 radical (unpaired) electrons. The highest BCUT2D eigenvalue weighted by molar-refractivity contribution is 9.11. The van der Waals surface area contributed by atoms with E-state index < -0.39 is 0 Å². The molecule has 4 heterocycles. The number of rotatable bonds is 8. The highest BCUT2D eigenvalue weighted by Crippen LogP contribution is 2.31. The average Bonchev–Trinajstić information content (AvgIpc) is 3.61. The maximum atomic E-state index is 5.40. The van der Waals surface area contributed by atoms with Gasteiger partial charge >= 0.3 is 0 Å². The first-order chi connectivity index (χ1) is 23.4. The first kappa shape index (κ1) is 38.3. The summed E-state index contributed by atoms with van der Waals surface area (Å²) in [5, 5.41) is 12.7. The van der Waals surface area contributed by atoms with E-state index in [1.165, 1.54) is 5.56 Å². The van der Waals surface area contributed by atoms with E-state index in [9.17, 15) is 0 Å². The third-order valence-corrected chi connectivity index (χ3v) is 8.97. The van der Waals surface area contributed by atoms with Crippen LogP contribution in [-0.2, 0) is 13.1 Å². The van der Waals surface area contributed by atoms with Gasteiger partial charge in [-0.3, -0.25) is 9.36 Å². The monoisotopic (exact) mass is 856 g/mol. The van der Waals surface area contributed by atoms with Crippen molar-refractivity contribution >= 4 is 75.5 Å². The standard InChI is InChI=1S/C18H21BrN4O.C10H11Br2N3.C8H11NO/c1-11(2)23-18-15(9-16(19)21-17(18)12(3)22-23)20-10-13-5-7-14(24-4)8-6-13;1-5(2)15-10-7(11)4-8(12)13-9(10)6(3)14-15;1-10-8-4-2-7(6-9)3-5-8/h5-9,11H,10H2,1-4H3,(H,20,21);4-5H,1-3H3;2-5H,6,9H2,1H3. The predicted octanol–water partition coefficient (Wildman–Crippen LogP) is 9.70. The van der Waals surface area contributed by atoms with Crippen LogP contribution in [0.5, 0.6) is 11.5 Å². The molecule has 10 nitrogen and oxygen atoms in total. The molecule has 0 aliphatic rings. The number of aromatic nitrogens is 6. The average molecular weight is 860 g/mol. The molecule has 13 heteroatoms. The number of halogens is 3. The van der Waals surface area contributed by atoms with Gasteiger partial charge in [-0.05, 0) is 137 Å². The van der Waals surface area contributed by atoms with Gasteiger partial charge in [-0.15, -0.1) is 0 Å². The molecule has 0 bridgehead atoms. The number of fused-ring (bicyclic) bond motifs is 2. The lowest BCUT2D eigenvalue weighted by Gasteiger charge is -2.13. The number of hydrogen-bond acceptors (Lipinski definition) is 8. The van der Waals surface area contributed by atoms with Crippen LogP contribution in [-0.4, -0.2) is 43.7 Å². The van der Waals surface area contributed by atoms with Crippen molar-refractivity contribution in [1.82, 2.24) is 29.5 Å². The number of nitrogens with zero attached hydrogens (tertiary/aromatic N) is 6. The lowest BCUT2D eigenvalue weighted by molar-refractivity contribution is 0.414. The van der Waals surface area contributed by atoms with Crippen LogP contribution in [0.25, 0.3) is 22.1 Å². The quantitative estimate of drug-likeness (QED) is 0.145. The zero-order chi connectivity index (χ0) is 35.8. The Bertz CT molecular complexity index is 1970. The summed E-state index contributed by atoms with van der Waals surface area (Å²) in [7, 11) is 3.32. The summed E-state index contributed by atoms with van der Waals surface area (Å²) in [4.78, 5) is 9.04. The van der Waals surface area contributed by atoms with E-state index in [0.29, 0.717) is 12.6 Å². The second-order valence-corrected chi connectivity index (χ2v) is 14.3. The molecule has 0 spiro atoms. The first-order valence-electron chi connectivity index (χ1n) is 15.8. The molecule has 0 saturated carbocycles. The Kier molecular flexibility index (Phi) is 13.6. The Hall–Kier alpha value is -3.52. The first-order valence-corrected chi connectivity index (χ1v) is 18.2. The van der Waals surface area contributed by atoms with Crippen molar-refractivity contribution in [2.45, 2.75) is 66.7 Å². The summed E-state index contributed by atoms with van der Waals surface area (Å²) in [6, 6.07) is 20.3. The van der Waals surface area contributed by atoms with Crippen molar-refractivity contribution in [3.8, 4) is 11.5 Å². The smallest absolute Gasteiger partial charge is 0.118 e. The highest BCUT2D eigenvalue weighted by Gasteiger charge is 2.17. The number of hydrogen-bond donors (Lipinski definition) is 2. The third-order valence-electron chi connectivity index (χ3n) is 7.55. The third kappa shape index (κ3) is 9.59. The molecule has 0 atom stereocenters. The fourth-order valence-corrected chi connectivity index (χ4v) is 6.75. The molecule has 4 aromatic heterocycles. The lowest BCUT2D eigenvalue weighted by Crippen LogP contribution is -2.07. The normalized spacial score (nSPS) is 11.0. The summed E-state index contributed by atoms with van der Waals surface area (Å²) in [6.07, 6.45) is 0. The second kappa shape index (κ2) is 17.4. The topological polar surface area (TPSA) is 118 Å². The van der Waals surface area contributed by atoms with Crippen molar-refractivity contribution < 1.29 is 9.47 Å². The summed E-state index contributed by atoms with van der Waals surface area (Å²) >= 11 is 10.4. The molecule has 2 aromatic carbocycles. The molecule has 3 N–H and O–H groups in total. The van der Waals surface area contributed by atoms with E-state index in [-0.39, 0.29) is 6.04 Å².